The fourth-order valence-electron chi connectivity index (χ4n) is 1.14. The summed E-state index contributed by atoms with van der Waals surface area (Å²) >= 11 is 0. The SMILES string of the molecule is C#CCOc1cnc2c(=O)[nH]cnc2c1. The Hall–Kier alpha value is -2.35. The van der Waals surface area contributed by atoms with Crippen molar-refractivity contribution in [1.29, 1.82) is 0 Å². The number of hydrogen-bond acceptors (Lipinski definition) is 4. The summed E-state index contributed by atoms with van der Waals surface area (Å²) in [4.78, 5) is 21.6. The minimum Gasteiger partial charge on any atom is -0.479 e. The summed E-state index contributed by atoms with van der Waals surface area (Å²) in [5.41, 5.74) is 0.488. The quantitative estimate of drug-likeness (QED) is 0.711. The van der Waals surface area contributed by atoms with Crippen molar-refractivity contribution < 1.29 is 4.74 Å². The van der Waals surface area contributed by atoms with Crippen LogP contribution in [0.1, 0.15) is 0 Å². The third-order valence-electron chi connectivity index (χ3n) is 1.78. The monoisotopic (exact) mass is 201 g/mol. The van der Waals surface area contributed by atoms with Crippen LogP contribution in [0.15, 0.2) is 23.4 Å². The van der Waals surface area contributed by atoms with Crippen LogP contribution in [0.25, 0.3) is 11.0 Å². The second-order valence-electron chi connectivity index (χ2n) is 2.76. The van der Waals surface area contributed by atoms with Gasteiger partial charge < -0.3 is 9.72 Å². The van der Waals surface area contributed by atoms with Crippen molar-refractivity contribution in [1.82, 2.24) is 15.0 Å². The van der Waals surface area contributed by atoms with Gasteiger partial charge in [0.05, 0.1) is 18.0 Å². The van der Waals surface area contributed by atoms with E-state index in [2.05, 4.69) is 20.9 Å². The van der Waals surface area contributed by atoms with Gasteiger partial charge in [0.2, 0.25) is 0 Å². The topological polar surface area (TPSA) is 67.9 Å². The number of ether oxygens (including phenoxy) is 1. The molecular formula is C10H7N3O2. The normalized spacial score (nSPS) is 9.80. The fourth-order valence-corrected chi connectivity index (χ4v) is 1.14. The molecule has 1 N–H and O–H groups in total. The number of nitrogens with one attached hydrogen (secondary N) is 1. The smallest absolute Gasteiger partial charge is 0.277 e. The Bertz CT molecular complexity index is 583. The van der Waals surface area contributed by atoms with E-state index in [4.69, 9.17) is 11.2 Å². The van der Waals surface area contributed by atoms with E-state index >= 15 is 0 Å². The van der Waals surface area contributed by atoms with Crippen LogP contribution in [-0.4, -0.2) is 21.6 Å². The van der Waals surface area contributed by atoms with Crippen LogP contribution in [0.5, 0.6) is 5.75 Å². The Morgan fingerprint density at radius 1 is 1.53 bits per heavy atom. The molecule has 2 aromatic heterocycles. The first-order valence-electron chi connectivity index (χ1n) is 4.21. The van der Waals surface area contributed by atoms with E-state index in [-0.39, 0.29) is 17.7 Å². The van der Waals surface area contributed by atoms with Crippen LogP contribution in [0.4, 0.5) is 0 Å². The molecule has 0 unspecified atom stereocenters. The Morgan fingerprint density at radius 2 is 2.40 bits per heavy atom. The van der Waals surface area contributed by atoms with E-state index in [1.165, 1.54) is 12.5 Å². The molecule has 0 aromatic carbocycles. The highest BCUT2D eigenvalue weighted by Gasteiger charge is 2.02. The maximum Gasteiger partial charge on any atom is 0.277 e. The van der Waals surface area contributed by atoms with Crippen molar-refractivity contribution in [2.75, 3.05) is 6.61 Å². The molecule has 0 saturated carbocycles. The maximum atomic E-state index is 11.3. The van der Waals surface area contributed by atoms with Crippen molar-refractivity contribution in [3.8, 4) is 18.1 Å². The summed E-state index contributed by atoms with van der Waals surface area (Å²) in [5, 5.41) is 0. The minimum atomic E-state index is -0.275. The number of terminal acetylenes is 1. The lowest BCUT2D eigenvalue weighted by molar-refractivity contribution is 0.369. The lowest BCUT2D eigenvalue weighted by Crippen LogP contribution is -2.08. The molecule has 0 amide bonds. The zero-order chi connectivity index (χ0) is 10.7. The number of hydrogen-bond donors (Lipinski definition) is 1. The summed E-state index contributed by atoms with van der Waals surface area (Å²) in [7, 11) is 0. The van der Waals surface area contributed by atoms with E-state index in [9.17, 15) is 4.79 Å². The van der Waals surface area contributed by atoms with Gasteiger partial charge in [-0.1, -0.05) is 5.92 Å². The Balaban J connectivity index is 2.49. The lowest BCUT2D eigenvalue weighted by Gasteiger charge is -2.01. The van der Waals surface area contributed by atoms with Gasteiger partial charge in [-0.25, -0.2) is 9.97 Å². The molecule has 0 spiro atoms. The van der Waals surface area contributed by atoms with E-state index in [0.29, 0.717) is 11.3 Å². The molecule has 5 nitrogen and oxygen atoms in total. The molecule has 0 aliphatic heterocycles. The molecule has 0 bridgehead atoms. The summed E-state index contributed by atoms with van der Waals surface area (Å²) in [5.74, 6) is 2.84. The number of H-pyrrole nitrogens is 1. The first-order valence-corrected chi connectivity index (χ1v) is 4.21. The van der Waals surface area contributed by atoms with Gasteiger partial charge in [-0.2, -0.15) is 0 Å². The summed E-state index contributed by atoms with van der Waals surface area (Å²) in [6.45, 7) is 0.163. The van der Waals surface area contributed by atoms with Crippen LogP contribution < -0.4 is 10.3 Å². The van der Waals surface area contributed by atoms with Crippen LogP contribution in [-0.2, 0) is 0 Å². The lowest BCUT2D eigenvalue weighted by atomic mass is 10.3. The van der Waals surface area contributed by atoms with Crippen LogP contribution in [0.3, 0.4) is 0 Å². The molecule has 0 aliphatic carbocycles. The largest absolute Gasteiger partial charge is 0.479 e. The predicted molar refractivity (Wildman–Crippen MR) is 54.5 cm³/mol. The molecule has 2 heterocycles. The molecule has 74 valence electrons. The van der Waals surface area contributed by atoms with E-state index in [1.807, 2.05) is 0 Å². The highest BCUT2D eigenvalue weighted by molar-refractivity contribution is 5.73. The summed E-state index contributed by atoms with van der Waals surface area (Å²) < 4.78 is 5.15. The number of fused-ring (bicyclic) bond motifs is 1. The number of rotatable bonds is 2. The molecule has 15 heavy (non-hydrogen) atoms. The van der Waals surface area contributed by atoms with E-state index in [1.54, 1.807) is 6.07 Å². The van der Waals surface area contributed by atoms with Gasteiger partial charge >= 0.3 is 0 Å². The highest BCUT2D eigenvalue weighted by atomic mass is 16.5. The van der Waals surface area contributed by atoms with Crippen molar-refractivity contribution in [2.24, 2.45) is 0 Å². The number of nitrogens with zero attached hydrogens (tertiary/aromatic N) is 2. The van der Waals surface area contributed by atoms with Gasteiger partial charge in [-0.15, -0.1) is 6.42 Å². The van der Waals surface area contributed by atoms with Crippen molar-refractivity contribution in [2.45, 2.75) is 0 Å². The molecule has 2 rings (SSSR count). The van der Waals surface area contributed by atoms with E-state index < -0.39 is 0 Å². The van der Waals surface area contributed by atoms with Gasteiger partial charge in [-0.3, -0.25) is 4.79 Å². The predicted octanol–water partition coefficient (Wildman–Crippen LogP) is 0.330. The fraction of sp³-hybridized carbons (Fsp3) is 0.100. The Morgan fingerprint density at radius 3 is 3.20 bits per heavy atom. The number of pyridine rings is 1. The third kappa shape index (κ3) is 1.79. The molecule has 0 radical (unpaired) electrons. The molecule has 0 atom stereocenters. The molecule has 0 fully saturated rings. The van der Waals surface area contributed by atoms with Gasteiger partial charge in [0.25, 0.3) is 5.56 Å². The molecule has 2 aromatic rings. The average Bonchev–Trinajstić information content (AvgIpc) is 2.26. The molecule has 0 aliphatic rings. The van der Waals surface area contributed by atoms with Crippen LogP contribution in [0, 0.1) is 12.3 Å². The van der Waals surface area contributed by atoms with Crippen molar-refractivity contribution in [3.63, 3.8) is 0 Å². The third-order valence-corrected chi connectivity index (χ3v) is 1.78. The molecule has 0 saturated heterocycles. The molecular weight excluding hydrogens is 194 g/mol. The van der Waals surface area contributed by atoms with E-state index in [0.717, 1.165) is 0 Å². The Labute approximate surface area is 85.1 Å². The average molecular weight is 201 g/mol. The first kappa shape index (κ1) is 9.21. The zero-order valence-corrected chi connectivity index (χ0v) is 7.73. The van der Waals surface area contributed by atoms with Gasteiger partial charge in [-0.05, 0) is 0 Å². The zero-order valence-electron chi connectivity index (χ0n) is 7.73. The standard InChI is InChI=1S/C10H7N3O2/c1-2-3-15-7-4-8-9(11-5-7)10(14)13-6-12-8/h1,4-6H,3H2,(H,12,13,14). The highest BCUT2D eigenvalue weighted by Crippen LogP contribution is 2.12. The summed E-state index contributed by atoms with van der Waals surface area (Å²) in [6, 6.07) is 1.62. The summed E-state index contributed by atoms with van der Waals surface area (Å²) in [6.07, 6.45) is 7.80. The van der Waals surface area contributed by atoms with Crippen molar-refractivity contribution in [3.05, 3.63) is 28.9 Å². The van der Waals surface area contributed by atoms with Crippen molar-refractivity contribution >= 4 is 11.0 Å². The van der Waals surface area contributed by atoms with Gasteiger partial charge in [0.1, 0.15) is 12.4 Å². The number of aromatic amines is 1. The second kappa shape index (κ2) is 3.80. The maximum absolute atomic E-state index is 11.3. The first-order chi connectivity index (χ1) is 7.31. The minimum absolute atomic E-state index is 0.163. The Kier molecular flexibility index (Phi) is 2.33. The van der Waals surface area contributed by atoms with Gasteiger partial charge in [0, 0.05) is 6.07 Å². The molecule has 5 heteroatoms. The van der Waals surface area contributed by atoms with Gasteiger partial charge in [0.15, 0.2) is 5.52 Å². The van der Waals surface area contributed by atoms with Crippen LogP contribution >= 0.6 is 0 Å². The number of aromatic nitrogens is 3. The second-order valence-corrected chi connectivity index (χ2v) is 2.76. The van der Waals surface area contributed by atoms with Crippen LogP contribution in [0.2, 0.25) is 0 Å².